The number of benzene rings is 1. The Bertz CT molecular complexity index is 627. The van der Waals surface area contributed by atoms with Crippen LogP contribution in [0.25, 0.3) is 0 Å². The average Bonchev–Trinajstić information content (AvgIpc) is 2.75. The molecule has 2 saturated heterocycles. The number of amides is 1. The summed E-state index contributed by atoms with van der Waals surface area (Å²) < 4.78 is 12.2. The Morgan fingerprint density at radius 2 is 1.68 bits per heavy atom. The van der Waals surface area contributed by atoms with Gasteiger partial charge in [-0.05, 0) is 57.5 Å². The van der Waals surface area contributed by atoms with Crippen LogP contribution in [0.4, 0.5) is 4.79 Å². The van der Waals surface area contributed by atoms with Crippen molar-refractivity contribution >= 4 is 18.7 Å². The number of rotatable bonds is 2. The maximum atomic E-state index is 11.6. The van der Waals surface area contributed by atoms with Crippen molar-refractivity contribution in [1.29, 1.82) is 0 Å². The Labute approximate surface area is 150 Å². The van der Waals surface area contributed by atoms with Gasteiger partial charge in [0.2, 0.25) is 0 Å². The number of nitrogens with zero attached hydrogens (tertiary/aromatic N) is 1. The third-order valence-electron chi connectivity index (χ3n) is 5.91. The van der Waals surface area contributed by atoms with Crippen molar-refractivity contribution in [2.45, 2.75) is 64.7 Å². The Hall–Kier alpha value is -1.53. The van der Waals surface area contributed by atoms with Gasteiger partial charge in [-0.1, -0.05) is 31.2 Å². The molecule has 2 fully saturated rings. The van der Waals surface area contributed by atoms with Crippen LogP contribution < -0.4 is 5.46 Å². The van der Waals surface area contributed by atoms with Crippen LogP contribution in [0.1, 0.15) is 59.1 Å². The molecule has 0 aromatic heterocycles. The molecular weight excluding hydrogens is 317 g/mol. The molecule has 2 atom stereocenters. The largest absolute Gasteiger partial charge is 0.494 e. The summed E-state index contributed by atoms with van der Waals surface area (Å²) in [5, 5.41) is 9.52. The molecular formula is C19H28BNO4. The van der Waals surface area contributed by atoms with E-state index in [1.54, 1.807) is 4.90 Å². The van der Waals surface area contributed by atoms with Gasteiger partial charge in [-0.2, -0.15) is 0 Å². The van der Waals surface area contributed by atoms with E-state index >= 15 is 0 Å². The van der Waals surface area contributed by atoms with Gasteiger partial charge in [-0.3, -0.25) is 0 Å². The molecule has 6 heteroatoms. The lowest BCUT2D eigenvalue weighted by Gasteiger charge is -2.37. The van der Waals surface area contributed by atoms with E-state index < -0.39 is 6.09 Å². The summed E-state index contributed by atoms with van der Waals surface area (Å²) in [6, 6.07) is 7.94. The first-order valence-corrected chi connectivity index (χ1v) is 9.06. The van der Waals surface area contributed by atoms with Crippen LogP contribution in [0.3, 0.4) is 0 Å². The van der Waals surface area contributed by atoms with Crippen molar-refractivity contribution in [2.24, 2.45) is 5.92 Å². The van der Waals surface area contributed by atoms with Gasteiger partial charge in [0, 0.05) is 6.54 Å². The first-order chi connectivity index (χ1) is 11.6. The first kappa shape index (κ1) is 18.3. The highest BCUT2D eigenvalue weighted by atomic mass is 16.7. The van der Waals surface area contributed by atoms with E-state index in [1.807, 2.05) is 52.0 Å². The molecule has 0 radical (unpaired) electrons. The minimum atomic E-state index is -0.841. The number of likely N-dealkylation sites (tertiary alicyclic amines) is 1. The zero-order valence-electron chi connectivity index (χ0n) is 15.8. The second kappa shape index (κ2) is 6.33. The van der Waals surface area contributed by atoms with Crippen molar-refractivity contribution in [2.75, 3.05) is 6.54 Å². The van der Waals surface area contributed by atoms with Crippen molar-refractivity contribution in [3.63, 3.8) is 0 Å². The number of piperidine rings is 1. The van der Waals surface area contributed by atoms with Crippen LogP contribution in [0.5, 0.6) is 0 Å². The number of hydrogen-bond acceptors (Lipinski definition) is 3. The maximum Gasteiger partial charge on any atom is 0.494 e. The van der Waals surface area contributed by atoms with Crippen LogP contribution in [-0.2, 0) is 9.31 Å². The molecule has 5 nitrogen and oxygen atoms in total. The highest BCUT2D eigenvalue weighted by Crippen LogP contribution is 2.37. The van der Waals surface area contributed by atoms with Gasteiger partial charge in [0.05, 0.1) is 17.2 Å². The van der Waals surface area contributed by atoms with Crippen molar-refractivity contribution in [3.05, 3.63) is 29.8 Å². The minimum Gasteiger partial charge on any atom is -0.465 e. The summed E-state index contributed by atoms with van der Waals surface area (Å²) in [4.78, 5) is 13.2. The van der Waals surface area contributed by atoms with Gasteiger partial charge in [0.1, 0.15) is 0 Å². The van der Waals surface area contributed by atoms with E-state index in [9.17, 15) is 9.90 Å². The fraction of sp³-hybridized carbons (Fsp3) is 0.632. The predicted octanol–water partition coefficient (Wildman–Crippen LogP) is 3.44. The number of carbonyl (C=O) groups is 1. The topological polar surface area (TPSA) is 59.0 Å². The van der Waals surface area contributed by atoms with Gasteiger partial charge in [-0.25, -0.2) is 4.79 Å². The fourth-order valence-corrected chi connectivity index (χ4v) is 3.56. The van der Waals surface area contributed by atoms with Gasteiger partial charge in [-0.15, -0.1) is 0 Å². The molecule has 1 aromatic carbocycles. The van der Waals surface area contributed by atoms with Crippen molar-refractivity contribution in [3.8, 4) is 0 Å². The molecule has 0 spiro atoms. The van der Waals surface area contributed by atoms with E-state index in [0.717, 1.165) is 23.9 Å². The fourth-order valence-electron chi connectivity index (χ4n) is 3.56. The summed E-state index contributed by atoms with van der Waals surface area (Å²) in [5.41, 5.74) is 1.27. The maximum absolute atomic E-state index is 11.6. The highest BCUT2D eigenvalue weighted by Gasteiger charge is 2.51. The van der Waals surface area contributed by atoms with Crippen LogP contribution in [0, 0.1) is 5.92 Å². The predicted molar refractivity (Wildman–Crippen MR) is 98.0 cm³/mol. The lowest BCUT2D eigenvalue weighted by atomic mass is 9.78. The van der Waals surface area contributed by atoms with E-state index in [4.69, 9.17) is 9.31 Å². The molecule has 2 aliphatic rings. The van der Waals surface area contributed by atoms with Gasteiger partial charge in [0.25, 0.3) is 0 Å². The lowest BCUT2D eigenvalue weighted by molar-refractivity contribution is 0.00578. The van der Waals surface area contributed by atoms with E-state index in [0.29, 0.717) is 12.5 Å². The molecule has 25 heavy (non-hydrogen) atoms. The third-order valence-corrected chi connectivity index (χ3v) is 5.91. The standard InChI is InChI=1S/C19H28BNO4/c1-13-6-11-16(21(12-13)17(22)23)14-7-9-15(10-8-14)20-24-18(2,3)19(4,5)25-20/h7-10,13,16H,6,11-12H2,1-5H3,(H,22,23). The van der Waals surface area contributed by atoms with Crippen LogP contribution in [0.15, 0.2) is 24.3 Å². The molecule has 1 amide bonds. The second-order valence-electron chi connectivity index (χ2n) is 8.39. The van der Waals surface area contributed by atoms with Crippen LogP contribution >= 0.6 is 0 Å². The van der Waals surface area contributed by atoms with Gasteiger partial charge < -0.3 is 19.3 Å². The van der Waals surface area contributed by atoms with E-state index in [1.165, 1.54) is 0 Å². The smallest absolute Gasteiger partial charge is 0.465 e. The molecule has 1 N–H and O–H groups in total. The third kappa shape index (κ3) is 3.42. The summed E-state index contributed by atoms with van der Waals surface area (Å²) in [6.07, 6.45) is 1.07. The van der Waals surface area contributed by atoms with Gasteiger partial charge >= 0.3 is 13.2 Å². The van der Waals surface area contributed by atoms with Crippen molar-refractivity contribution < 1.29 is 19.2 Å². The zero-order valence-corrected chi connectivity index (χ0v) is 15.8. The Morgan fingerprint density at radius 3 is 2.20 bits per heavy atom. The quantitative estimate of drug-likeness (QED) is 0.835. The molecule has 2 heterocycles. The Balaban J connectivity index is 1.78. The zero-order chi connectivity index (χ0) is 18.4. The molecule has 136 valence electrons. The highest BCUT2D eigenvalue weighted by molar-refractivity contribution is 6.62. The summed E-state index contributed by atoms with van der Waals surface area (Å²) >= 11 is 0. The lowest BCUT2D eigenvalue weighted by Crippen LogP contribution is -2.41. The monoisotopic (exact) mass is 345 g/mol. The van der Waals surface area contributed by atoms with Gasteiger partial charge in [0.15, 0.2) is 0 Å². The molecule has 2 unspecified atom stereocenters. The average molecular weight is 345 g/mol. The summed E-state index contributed by atoms with van der Waals surface area (Å²) in [6.45, 7) is 10.8. The van der Waals surface area contributed by atoms with Crippen LogP contribution in [0.2, 0.25) is 0 Å². The Morgan fingerprint density at radius 1 is 1.12 bits per heavy atom. The van der Waals surface area contributed by atoms with Crippen molar-refractivity contribution in [1.82, 2.24) is 4.90 Å². The summed E-state index contributed by atoms with van der Waals surface area (Å²) in [5.74, 6) is 0.413. The SMILES string of the molecule is CC1CCC(c2ccc(B3OC(C)(C)C(C)(C)O3)cc2)N(C(=O)O)C1. The first-order valence-electron chi connectivity index (χ1n) is 9.06. The Kier molecular flexibility index (Phi) is 4.62. The van der Waals surface area contributed by atoms with E-state index in [2.05, 4.69) is 6.92 Å². The number of carboxylic acid groups (broad SMARTS) is 1. The van der Waals surface area contributed by atoms with Crippen LogP contribution in [-0.4, -0.2) is 41.0 Å². The second-order valence-corrected chi connectivity index (χ2v) is 8.39. The van der Waals surface area contributed by atoms with E-state index in [-0.39, 0.29) is 24.4 Å². The minimum absolute atomic E-state index is 0.0685. The molecule has 0 bridgehead atoms. The molecule has 1 aromatic rings. The normalized spacial score (nSPS) is 28.2. The number of hydrogen-bond donors (Lipinski definition) is 1. The molecule has 2 aliphatic heterocycles. The molecule has 0 saturated carbocycles. The summed E-state index contributed by atoms with van der Waals surface area (Å²) in [7, 11) is -0.388. The molecule has 0 aliphatic carbocycles. The molecule has 3 rings (SSSR count).